The molecule has 0 saturated carbocycles. The molecule has 1 fully saturated rings. The molecule has 0 aromatic carbocycles. The first-order chi connectivity index (χ1) is 12.3. The third-order valence-corrected chi connectivity index (χ3v) is 5.39. The fraction of sp³-hybridized carbons (Fsp3) is 0.611. The average molecular weight is 342 g/mol. The third-order valence-electron chi connectivity index (χ3n) is 5.39. The lowest BCUT2D eigenvalue weighted by molar-refractivity contribution is 0.121. The van der Waals surface area contributed by atoms with Crippen molar-refractivity contribution in [1.29, 1.82) is 0 Å². The zero-order valence-corrected chi connectivity index (χ0v) is 14.7. The van der Waals surface area contributed by atoms with Crippen molar-refractivity contribution in [3.05, 3.63) is 45.6 Å². The van der Waals surface area contributed by atoms with Crippen molar-refractivity contribution in [3.8, 4) is 0 Å². The van der Waals surface area contributed by atoms with E-state index in [-0.39, 0.29) is 5.56 Å². The Balaban J connectivity index is 1.26. The van der Waals surface area contributed by atoms with Crippen LogP contribution in [0.5, 0.6) is 0 Å². The maximum atomic E-state index is 11.7. The highest BCUT2D eigenvalue weighted by atomic mass is 16.1. The smallest absolute Gasteiger partial charge is 0.266 e. The number of aromatic nitrogens is 4. The zero-order chi connectivity index (χ0) is 17.1. The number of fused-ring (bicyclic) bond motifs is 1. The molecule has 2 aromatic rings. The minimum atomic E-state index is -0.0237. The summed E-state index contributed by atoms with van der Waals surface area (Å²) in [7, 11) is 0. The summed E-state index contributed by atoms with van der Waals surface area (Å²) in [5.41, 5.74) is 4.07. The highest BCUT2D eigenvalue weighted by Gasteiger charge is 2.21. The monoisotopic (exact) mass is 342 g/mol. The third kappa shape index (κ3) is 3.82. The SMILES string of the molecule is O=c1cccnn1CCN1CCN(Cc2n[nH]c3c2CCCC3)CC1. The van der Waals surface area contributed by atoms with Gasteiger partial charge in [-0.1, -0.05) is 0 Å². The summed E-state index contributed by atoms with van der Waals surface area (Å²) in [4.78, 5) is 16.6. The average Bonchev–Trinajstić information content (AvgIpc) is 3.05. The molecule has 0 atom stereocenters. The van der Waals surface area contributed by atoms with Crippen molar-refractivity contribution < 1.29 is 0 Å². The van der Waals surface area contributed by atoms with E-state index in [1.54, 1.807) is 23.0 Å². The quantitative estimate of drug-likeness (QED) is 0.865. The van der Waals surface area contributed by atoms with Gasteiger partial charge in [-0.3, -0.25) is 19.7 Å². The molecule has 134 valence electrons. The molecular formula is C18H26N6O. The second kappa shape index (κ2) is 7.49. The van der Waals surface area contributed by atoms with Crippen molar-refractivity contribution in [2.45, 2.75) is 38.8 Å². The molecule has 4 rings (SSSR count). The minimum absolute atomic E-state index is 0.0237. The Bertz CT molecular complexity index is 759. The summed E-state index contributed by atoms with van der Waals surface area (Å²) in [5, 5.41) is 11.9. The number of aryl methyl sites for hydroxylation is 1. The molecule has 25 heavy (non-hydrogen) atoms. The lowest BCUT2D eigenvalue weighted by Crippen LogP contribution is -2.47. The van der Waals surface area contributed by atoms with Gasteiger partial charge in [0.05, 0.1) is 12.2 Å². The minimum Gasteiger partial charge on any atom is -0.299 e. The van der Waals surface area contributed by atoms with Crippen molar-refractivity contribution in [2.75, 3.05) is 32.7 Å². The lowest BCUT2D eigenvalue weighted by Gasteiger charge is -2.34. The Kier molecular flexibility index (Phi) is 4.94. The van der Waals surface area contributed by atoms with Crippen LogP contribution in [0.15, 0.2) is 23.1 Å². The summed E-state index contributed by atoms with van der Waals surface area (Å²) < 4.78 is 1.54. The van der Waals surface area contributed by atoms with Crippen LogP contribution in [-0.2, 0) is 25.9 Å². The molecule has 0 spiro atoms. The van der Waals surface area contributed by atoms with E-state index in [1.165, 1.54) is 36.2 Å². The maximum Gasteiger partial charge on any atom is 0.266 e. The van der Waals surface area contributed by atoms with E-state index >= 15 is 0 Å². The van der Waals surface area contributed by atoms with Crippen LogP contribution in [0.25, 0.3) is 0 Å². The van der Waals surface area contributed by atoms with E-state index in [0.29, 0.717) is 6.54 Å². The fourth-order valence-electron chi connectivity index (χ4n) is 3.85. The zero-order valence-electron chi connectivity index (χ0n) is 14.7. The van der Waals surface area contributed by atoms with Crippen LogP contribution < -0.4 is 5.56 Å². The van der Waals surface area contributed by atoms with E-state index in [2.05, 4.69) is 25.1 Å². The summed E-state index contributed by atoms with van der Waals surface area (Å²) in [6, 6.07) is 3.25. The number of rotatable bonds is 5. The van der Waals surface area contributed by atoms with Gasteiger partial charge in [0.2, 0.25) is 0 Å². The van der Waals surface area contributed by atoms with Crippen molar-refractivity contribution in [2.24, 2.45) is 0 Å². The first-order valence-corrected chi connectivity index (χ1v) is 9.31. The van der Waals surface area contributed by atoms with Gasteiger partial charge in [0.15, 0.2) is 0 Å². The van der Waals surface area contributed by atoms with Crippen molar-refractivity contribution in [1.82, 2.24) is 29.8 Å². The normalized spacial score (nSPS) is 19.0. The van der Waals surface area contributed by atoms with Gasteiger partial charge < -0.3 is 0 Å². The van der Waals surface area contributed by atoms with Gasteiger partial charge in [-0.05, 0) is 37.3 Å². The fourth-order valence-corrected chi connectivity index (χ4v) is 3.85. The van der Waals surface area contributed by atoms with Gasteiger partial charge in [0.1, 0.15) is 0 Å². The molecule has 0 amide bonds. The van der Waals surface area contributed by atoms with Crippen molar-refractivity contribution in [3.63, 3.8) is 0 Å². The molecule has 0 radical (unpaired) electrons. The van der Waals surface area contributed by atoms with Crippen LogP contribution in [0.1, 0.15) is 29.8 Å². The molecule has 1 N–H and O–H groups in total. The molecule has 1 aliphatic heterocycles. The molecule has 0 bridgehead atoms. The topological polar surface area (TPSA) is 70.1 Å². The van der Waals surface area contributed by atoms with E-state index in [0.717, 1.165) is 45.7 Å². The summed E-state index contributed by atoms with van der Waals surface area (Å²) in [6.07, 6.45) is 6.58. The van der Waals surface area contributed by atoms with E-state index in [4.69, 9.17) is 0 Å². The molecule has 7 nitrogen and oxygen atoms in total. The van der Waals surface area contributed by atoms with Crippen LogP contribution >= 0.6 is 0 Å². The Morgan fingerprint density at radius 3 is 2.68 bits per heavy atom. The molecular weight excluding hydrogens is 316 g/mol. The molecule has 0 unspecified atom stereocenters. The molecule has 2 aromatic heterocycles. The van der Waals surface area contributed by atoms with Gasteiger partial charge in [-0.25, -0.2) is 4.68 Å². The molecule has 3 heterocycles. The first-order valence-electron chi connectivity index (χ1n) is 9.31. The molecule has 2 aliphatic rings. The van der Waals surface area contributed by atoms with Crippen LogP contribution in [0.3, 0.4) is 0 Å². The number of aromatic amines is 1. The number of nitrogens with one attached hydrogen (secondary N) is 1. The molecule has 1 aliphatic carbocycles. The van der Waals surface area contributed by atoms with Crippen LogP contribution in [0.2, 0.25) is 0 Å². The number of hydrogen-bond acceptors (Lipinski definition) is 5. The predicted octanol–water partition coefficient (Wildman–Crippen LogP) is 0.663. The van der Waals surface area contributed by atoms with Gasteiger partial charge in [0, 0.05) is 57.2 Å². The highest BCUT2D eigenvalue weighted by molar-refractivity contribution is 5.27. The maximum absolute atomic E-state index is 11.7. The number of H-pyrrole nitrogens is 1. The number of hydrogen-bond donors (Lipinski definition) is 1. The highest BCUT2D eigenvalue weighted by Crippen LogP contribution is 2.23. The van der Waals surface area contributed by atoms with Gasteiger partial charge >= 0.3 is 0 Å². The Morgan fingerprint density at radius 2 is 1.84 bits per heavy atom. The molecule has 7 heteroatoms. The standard InChI is InChI=1S/C18H26N6O/c25-18-6-3-7-19-24(18)13-12-22-8-10-23(11-9-22)14-17-15-4-1-2-5-16(15)20-21-17/h3,6-7H,1-2,4-5,8-14H2,(H,20,21). The number of piperazine rings is 1. The summed E-state index contributed by atoms with van der Waals surface area (Å²) in [6.45, 7) is 6.67. The van der Waals surface area contributed by atoms with Crippen LogP contribution in [0, 0.1) is 0 Å². The summed E-state index contributed by atoms with van der Waals surface area (Å²) >= 11 is 0. The Morgan fingerprint density at radius 1 is 1.04 bits per heavy atom. The second-order valence-electron chi connectivity index (χ2n) is 7.04. The van der Waals surface area contributed by atoms with E-state index < -0.39 is 0 Å². The first kappa shape index (κ1) is 16.5. The molecule has 1 saturated heterocycles. The number of nitrogens with zero attached hydrogens (tertiary/aromatic N) is 5. The van der Waals surface area contributed by atoms with E-state index in [1.807, 2.05) is 0 Å². The summed E-state index contributed by atoms with van der Waals surface area (Å²) in [5.74, 6) is 0. The predicted molar refractivity (Wildman–Crippen MR) is 95.4 cm³/mol. The van der Waals surface area contributed by atoms with Crippen molar-refractivity contribution >= 4 is 0 Å². The van der Waals surface area contributed by atoms with Gasteiger partial charge in [-0.2, -0.15) is 10.2 Å². The van der Waals surface area contributed by atoms with E-state index in [9.17, 15) is 4.79 Å². The van der Waals surface area contributed by atoms with Gasteiger partial charge in [0.25, 0.3) is 5.56 Å². The van der Waals surface area contributed by atoms with Gasteiger partial charge in [-0.15, -0.1) is 0 Å². The Labute approximate surface area is 147 Å². The van der Waals surface area contributed by atoms with Crippen LogP contribution in [-0.4, -0.2) is 62.5 Å². The lowest BCUT2D eigenvalue weighted by atomic mass is 9.96. The Hall–Kier alpha value is -1.99. The largest absolute Gasteiger partial charge is 0.299 e. The van der Waals surface area contributed by atoms with Crippen LogP contribution in [0.4, 0.5) is 0 Å². The second-order valence-corrected chi connectivity index (χ2v) is 7.04.